The number of nitrogens with one attached hydrogen (secondary N) is 1. The molecule has 5 heterocycles. The molecule has 2 amide bonds. The van der Waals surface area contributed by atoms with Gasteiger partial charge in [-0.15, -0.1) is 0 Å². The number of Topliss-reactive ketones (excluding diaryl/α,β-unsaturated/α-hetero) is 1. The number of aromatic nitrogens is 5. The fourth-order valence-corrected chi connectivity index (χ4v) is 6.95. The van der Waals surface area contributed by atoms with Gasteiger partial charge in [0.2, 0.25) is 11.8 Å². The van der Waals surface area contributed by atoms with E-state index in [1.54, 1.807) is 28.2 Å². The molecular formula is C33H36N8O4. The first-order chi connectivity index (χ1) is 21.7. The Hall–Kier alpha value is -4.55. The second kappa shape index (κ2) is 11.4. The Labute approximate surface area is 260 Å². The van der Waals surface area contributed by atoms with Crippen molar-refractivity contribution >= 4 is 34.3 Å². The maximum absolute atomic E-state index is 14.2. The number of carbonyl (C=O) groups is 3. The maximum Gasteiger partial charge on any atom is 0.248 e. The molecule has 0 radical (unpaired) electrons. The Morgan fingerprint density at radius 2 is 1.80 bits per heavy atom. The van der Waals surface area contributed by atoms with E-state index in [0.29, 0.717) is 47.9 Å². The molecule has 7 rings (SSSR count). The predicted octanol–water partition coefficient (Wildman–Crippen LogP) is 3.04. The molecule has 12 nitrogen and oxygen atoms in total. The number of aryl methyl sites for hydroxylation is 2. The van der Waals surface area contributed by atoms with Crippen molar-refractivity contribution in [3.63, 3.8) is 0 Å². The van der Waals surface area contributed by atoms with Crippen LogP contribution in [0.4, 0.5) is 5.82 Å². The molecule has 3 fully saturated rings. The van der Waals surface area contributed by atoms with Crippen molar-refractivity contribution in [1.82, 2.24) is 34.5 Å². The molecule has 1 aromatic carbocycles. The number of likely N-dealkylation sites (tertiary alicyclic amines) is 1. The zero-order valence-electron chi connectivity index (χ0n) is 25.7. The van der Waals surface area contributed by atoms with Crippen LogP contribution in [0.5, 0.6) is 0 Å². The lowest BCUT2D eigenvalue weighted by atomic mass is 9.98. The SMILES string of the molecule is CC(=O)c1nn(CC(=O)N2C3CC3(CN3CCOCC3)C[C@H]2C(=O)Nc2ncccc2C)c2ccc(-c3cnc(C)nc3)cc12. The van der Waals surface area contributed by atoms with E-state index in [0.717, 1.165) is 42.7 Å². The summed E-state index contributed by atoms with van der Waals surface area (Å²) in [5.41, 5.74) is 3.34. The molecule has 0 spiro atoms. The largest absolute Gasteiger partial charge is 0.379 e. The van der Waals surface area contributed by atoms with Crippen LogP contribution in [0.2, 0.25) is 0 Å². The van der Waals surface area contributed by atoms with Crippen molar-refractivity contribution in [2.24, 2.45) is 5.41 Å². The molecular weight excluding hydrogens is 572 g/mol. The number of fused-ring (bicyclic) bond motifs is 2. The highest BCUT2D eigenvalue weighted by atomic mass is 16.5. The summed E-state index contributed by atoms with van der Waals surface area (Å²) in [6.07, 6.45) is 6.57. The number of rotatable bonds is 8. The molecule has 12 heteroatoms. The van der Waals surface area contributed by atoms with Crippen molar-refractivity contribution in [3.8, 4) is 11.1 Å². The third-order valence-corrected chi connectivity index (χ3v) is 9.39. The summed E-state index contributed by atoms with van der Waals surface area (Å²) in [6, 6.07) is 8.71. The number of ether oxygens (including phenoxy) is 1. The number of pyridine rings is 1. The van der Waals surface area contributed by atoms with E-state index in [-0.39, 0.29) is 35.6 Å². The topological polar surface area (TPSA) is 135 Å². The van der Waals surface area contributed by atoms with Gasteiger partial charge in [-0.1, -0.05) is 12.1 Å². The third-order valence-electron chi connectivity index (χ3n) is 9.39. The molecule has 4 aromatic rings. The number of anilines is 1. The summed E-state index contributed by atoms with van der Waals surface area (Å²) in [4.78, 5) is 57.7. The Morgan fingerprint density at radius 1 is 1.02 bits per heavy atom. The molecule has 1 saturated carbocycles. The van der Waals surface area contributed by atoms with Gasteiger partial charge in [-0.25, -0.2) is 15.0 Å². The van der Waals surface area contributed by atoms with Gasteiger partial charge in [0.25, 0.3) is 0 Å². The minimum atomic E-state index is -0.638. The summed E-state index contributed by atoms with van der Waals surface area (Å²) in [5, 5.41) is 8.24. The molecule has 3 aliphatic rings. The molecule has 232 valence electrons. The van der Waals surface area contributed by atoms with Gasteiger partial charge in [-0.05, 0) is 56.0 Å². The van der Waals surface area contributed by atoms with Crippen LogP contribution < -0.4 is 5.32 Å². The van der Waals surface area contributed by atoms with Crippen LogP contribution in [0.3, 0.4) is 0 Å². The number of amides is 2. The number of benzene rings is 1. The summed E-state index contributed by atoms with van der Waals surface area (Å²) >= 11 is 0. The average Bonchev–Trinajstić information content (AvgIpc) is 3.43. The molecule has 45 heavy (non-hydrogen) atoms. The van der Waals surface area contributed by atoms with E-state index in [4.69, 9.17) is 4.74 Å². The van der Waals surface area contributed by atoms with Gasteiger partial charge in [-0.3, -0.25) is 24.0 Å². The van der Waals surface area contributed by atoms with Crippen molar-refractivity contribution in [3.05, 3.63) is 66.0 Å². The van der Waals surface area contributed by atoms with Crippen molar-refractivity contribution in [2.45, 2.75) is 52.2 Å². The lowest BCUT2D eigenvalue weighted by Crippen LogP contribution is -2.47. The highest BCUT2D eigenvalue weighted by Crippen LogP contribution is 2.60. The van der Waals surface area contributed by atoms with Gasteiger partial charge in [0.15, 0.2) is 5.78 Å². The number of nitrogens with zero attached hydrogens (tertiary/aromatic N) is 7. The first-order valence-electron chi connectivity index (χ1n) is 15.4. The van der Waals surface area contributed by atoms with Gasteiger partial charge < -0.3 is 15.0 Å². The van der Waals surface area contributed by atoms with Crippen LogP contribution in [-0.4, -0.2) is 97.1 Å². The smallest absolute Gasteiger partial charge is 0.248 e. The Morgan fingerprint density at radius 3 is 2.53 bits per heavy atom. The minimum absolute atomic E-state index is 0.0457. The van der Waals surface area contributed by atoms with Crippen molar-refractivity contribution in [1.29, 1.82) is 0 Å². The molecule has 3 aromatic heterocycles. The monoisotopic (exact) mass is 608 g/mol. The number of morpholine rings is 1. The lowest BCUT2D eigenvalue weighted by Gasteiger charge is -2.30. The van der Waals surface area contributed by atoms with E-state index in [9.17, 15) is 14.4 Å². The van der Waals surface area contributed by atoms with Gasteiger partial charge in [0, 0.05) is 67.6 Å². The van der Waals surface area contributed by atoms with Gasteiger partial charge >= 0.3 is 0 Å². The van der Waals surface area contributed by atoms with E-state index < -0.39 is 6.04 Å². The van der Waals surface area contributed by atoms with Crippen molar-refractivity contribution in [2.75, 3.05) is 38.2 Å². The van der Waals surface area contributed by atoms with Crippen LogP contribution in [0.25, 0.3) is 22.0 Å². The molecule has 2 saturated heterocycles. The minimum Gasteiger partial charge on any atom is -0.379 e. The average molecular weight is 609 g/mol. The summed E-state index contributed by atoms with van der Waals surface area (Å²) < 4.78 is 7.14. The Kier molecular flexibility index (Phi) is 7.41. The highest BCUT2D eigenvalue weighted by Gasteiger charge is 2.67. The number of hydrogen-bond acceptors (Lipinski definition) is 9. The summed E-state index contributed by atoms with van der Waals surface area (Å²) in [6.45, 7) is 8.99. The van der Waals surface area contributed by atoms with Crippen molar-refractivity contribution < 1.29 is 19.1 Å². The fourth-order valence-electron chi connectivity index (χ4n) is 6.95. The summed E-state index contributed by atoms with van der Waals surface area (Å²) in [7, 11) is 0. The number of ketones is 1. The first kappa shape index (κ1) is 29.2. The Bertz CT molecular complexity index is 1800. The zero-order chi connectivity index (χ0) is 31.3. The van der Waals surface area contributed by atoms with E-state index >= 15 is 0 Å². The molecule has 0 bridgehead atoms. The van der Waals surface area contributed by atoms with E-state index in [1.807, 2.05) is 44.2 Å². The fraction of sp³-hybridized carbons (Fsp3) is 0.424. The second-order valence-electron chi connectivity index (χ2n) is 12.5. The van der Waals surface area contributed by atoms with E-state index in [2.05, 4.69) is 30.3 Å². The zero-order valence-corrected chi connectivity index (χ0v) is 25.7. The number of hydrogen-bond donors (Lipinski definition) is 1. The lowest BCUT2D eigenvalue weighted by molar-refractivity contribution is -0.138. The highest BCUT2D eigenvalue weighted by molar-refractivity contribution is 6.06. The van der Waals surface area contributed by atoms with Gasteiger partial charge in [0.1, 0.15) is 29.9 Å². The van der Waals surface area contributed by atoms with Crippen LogP contribution >= 0.6 is 0 Å². The molecule has 2 aliphatic heterocycles. The van der Waals surface area contributed by atoms with Crippen LogP contribution in [0.1, 0.15) is 41.6 Å². The molecule has 1 N–H and O–H groups in total. The molecule has 3 atom stereocenters. The molecule has 2 unspecified atom stereocenters. The number of piperidine rings is 1. The third kappa shape index (κ3) is 5.48. The van der Waals surface area contributed by atoms with Gasteiger partial charge in [0.05, 0.1) is 18.7 Å². The van der Waals surface area contributed by atoms with Crippen LogP contribution in [-0.2, 0) is 20.9 Å². The van der Waals surface area contributed by atoms with E-state index in [1.165, 1.54) is 6.92 Å². The quantitative estimate of drug-likeness (QED) is 0.300. The molecule has 1 aliphatic carbocycles. The standard InChI is InChI=1S/C33H36N8O4/c1-20-5-4-8-34-31(20)37-32(44)27-14-33(19-39-9-11-45-12-10-39)15-28(33)41(27)29(43)18-40-26-7-6-23(24-16-35-22(3)36-17-24)13-25(26)30(38-40)21(2)42/h4-8,13,16-17,27-28H,9-12,14-15,18-19H2,1-3H3,(H,34,37,44)/t27-,28?,33?/m0/s1. The summed E-state index contributed by atoms with van der Waals surface area (Å²) in [5.74, 6) is 0.536. The number of carbonyl (C=O) groups excluding carboxylic acids is 3. The second-order valence-corrected chi connectivity index (χ2v) is 12.5. The predicted molar refractivity (Wildman–Crippen MR) is 166 cm³/mol. The maximum atomic E-state index is 14.2. The van der Waals surface area contributed by atoms with Gasteiger partial charge in [-0.2, -0.15) is 5.10 Å². The Balaban J connectivity index is 1.18. The normalized spacial score (nSPS) is 22.8. The van der Waals surface area contributed by atoms with Crippen LogP contribution in [0, 0.1) is 19.3 Å². The van der Waals surface area contributed by atoms with Crippen LogP contribution in [0.15, 0.2) is 48.9 Å². The first-order valence-corrected chi connectivity index (χ1v) is 15.4.